The minimum absolute atomic E-state index is 0.138. The summed E-state index contributed by atoms with van der Waals surface area (Å²) in [6.45, 7) is 5.18. The lowest BCUT2D eigenvalue weighted by atomic mass is 10.2. The Balaban J connectivity index is 2.04. The standard InChI is InChI=1S/C20H25N3O3/c1-4-23(13-16-8-6-5-7-9-16)14-20(25)22-18-12-17(21-15(2)24)10-11-19(18)26-3/h5-12H,4,13-14H2,1-3H3,(H,21,24)(H,22,25). The Morgan fingerprint density at radius 3 is 2.42 bits per heavy atom. The Kier molecular flexibility index (Phi) is 7.17. The van der Waals surface area contributed by atoms with Gasteiger partial charge in [0.25, 0.3) is 0 Å². The van der Waals surface area contributed by atoms with E-state index in [4.69, 9.17) is 4.74 Å². The molecule has 0 aromatic heterocycles. The van der Waals surface area contributed by atoms with Gasteiger partial charge in [-0.3, -0.25) is 14.5 Å². The summed E-state index contributed by atoms with van der Waals surface area (Å²) < 4.78 is 5.29. The second kappa shape index (κ2) is 9.58. The molecule has 2 aromatic carbocycles. The van der Waals surface area contributed by atoms with Crippen LogP contribution in [-0.2, 0) is 16.1 Å². The molecule has 0 unspecified atom stereocenters. The molecule has 0 aliphatic rings. The van der Waals surface area contributed by atoms with E-state index in [0.717, 1.165) is 12.1 Å². The molecule has 2 N–H and O–H groups in total. The number of anilines is 2. The Morgan fingerprint density at radius 1 is 1.08 bits per heavy atom. The van der Waals surface area contributed by atoms with Crippen molar-refractivity contribution < 1.29 is 14.3 Å². The molecule has 26 heavy (non-hydrogen) atoms. The van der Waals surface area contributed by atoms with Crippen LogP contribution in [0.5, 0.6) is 5.75 Å². The van der Waals surface area contributed by atoms with Crippen LogP contribution in [0.3, 0.4) is 0 Å². The van der Waals surface area contributed by atoms with E-state index in [1.54, 1.807) is 18.2 Å². The average Bonchev–Trinajstić information content (AvgIpc) is 2.61. The van der Waals surface area contributed by atoms with Gasteiger partial charge in [0.05, 0.1) is 19.3 Å². The molecular weight excluding hydrogens is 330 g/mol. The summed E-state index contributed by atoms with van der Waals surface area (Å²) in [6, 6.07) is 15.2. The Labute approximate surface area is 154 Å². The monoisotopic (exact) mass is 355 g/mol. The lowest BCUT2D eigenvalue weighted by Gasteiger charge is -2.20. The first kappa shape index (κ1) is 19.5. The molecule has 2 rings (SSSR count). The van der Waals surface area contributed by atoms with Crippen LogP contribution >= 0.6 is 0 Å². The highest BCUT2D eigenvalue weighted by Gasteiger charge is 2.13. The van der Waals surface area contributed by atoms with E-state index in [0.29, 0.717) is 23.7 Å². The zero-order chi connectivity index (χ0) is 18.9. The molecule has 0 spiro atoms. The van der Waals surface area contributed by atoms with Gasteiger partial charge >= 0.3 is 0 Å². The average molecular weight is 355 g/mol. The molecule has 6 heteroatoms. The van der Waals surface area contributed by atoms with Crippen LogP contribution in [0.25, 0.3) is 0 Å². The maximum atomic E-state index is 12.5. The number of ether oxygens (including phenoxy) is 1. The molecule has 0 aliphatic carbocycles. The number of nitrogens with one attached hydrogen (secondary N) is 2. The molecule has 138 valence electrons. The third kappa shape index (κ3) is 5.89. The summed E-state index contributed by atoms with van der Waals surface area (Å²) in [7, 11) is 1.54. The van der Waals surface area contributed by atoms with E-state index in [2.05, 4.69) is 15.5 Å². The van der Waals surface area contributed by atoms with Crippen molar-refractivity contribution in [2.75, 3.05) is 30.8 Å². The van der Waals surface area contributed by atoms with Gasteiger partial charge in [0, 0.05) is 19.2 Å². The smallest absolute Gasteiger partial charge is 0.238 e. The first-order valence-corrected chi connectivity index (χ1v) is 8.53. The number of nitrogens with zero attached hydrogens (tertiary/aromatic N) is 1. The van der Waals surface area contributed by atoms with Gasteiger partial charge in [0.2, 0.25) is 11.8 Å². The summed E-state index contributed by atoms with van der Waals surface area (Å²) >= 11 is 0. The first-order chi connectivity index (χ1) is 12.5. The van der Waals surface area contributed by atoms with Crippen LogP contribution in [0, 0.1) is 0 Å². The number of carbonyl (C=O) groups is 2. The first-order valence-electron chi connectivity index (χ1n) is 8.53. The predicted octanol–water partition coefficient (Wildman–Crippen LogP) is 3.11. The van der Waals surface area contributed by atoms with E-state index in [9.17, 15) is 9.59 Å². The lowest BCUT2D eigenvalue weighted by molar-refractivity contribution is -0.117. The Hall–Kier alpha value is -2.86. The highest BCUT2D eigenvalue weighted by molar-refractivity contribution is 5.95. The maximum absolute atomic E-state index is 12.5. The minimum atomic E-state index is -0.174. The fourth-order valence-corrected chi connectivity index (χ4v) is 2.60. The van der Waals surface area contributed by atoms with Crippen LogP contribution in [-0.4, -0.2) is 36.9 Å². The number of likely N-dealkylation sites (N-methyl/N-ethyl adjacent to an activating group) is 1. The van der Waals surface area contributed by atoms with Gasteiger partial charge in [-0.1, -0.05) is 37.3 Å². The summed E-state index contributed by atoms with van der Waals surface area (Å²) in [4.78, 5) is 25.8. The van der Waals surface area contributed by atoms with Gasteiger partial charge in [-0.2, -0.15) is 0 Å². The van der Waals surface area contributed by atoms with E-state index < -0.39 is 0 Å². The number of carbonyl (C=O) groups excluding carboxylic acids is 2. The largest absolute Gasteiger partial charge is 0.495 e. The van der Waals surface area contributed by atoms with E-state index >= 15 is 0 Å². The number of hydrogen-bond acceptors (Lipinski definition) is 4. The van der Waals surface area contributed by atoms with Crippen LogP contribution < -0.4 is 15.4 Å². The van der Waals surface area contributed by atoms with Crippen molar-refractivity contribution >= 4 is 23.2 Å². The topological polar surface area (TPSA) is 70.7 Å². The molecule has 2 aromatic rings. The number of hydrogen-bond donors (Lipinski definition) is 2. The SMILES string of the molecule is CCN(CC(=O)Nc1cc(NC(C)=O)ccc1OC)Cc1ccccc1. The van der Waals surface area contributed by atoms with Crippen molar-refractivity contribution in [2.45, 2.75) is 20.4 Å². The van der Waals surface area contributed by atoms with Gasteiger partial charge in [0.15, 0.2) is 0 Å². The van der Waals surface area contributed by atoms with Gasteiger partial charge in [0.1, 0.15) is 5.75 Å². The van der Waals surface area contributed by atoms with E-state index in [1.165, 1.54) is 14.0 Å². The van der Waals surface area contributed by atoms with E-state index in [-0.39, 0.29) is 18.4 Å². The van der Waals surface area contributed by atoms with Gasteiger partial charge < -0.3 is 15.4 Å². The minimum Gasteiger partial charge on any atom is -0.495 e. The highest BCUT2D eigenvalue weighted by atomic mass is 16.5. The Bertz CT molecular complexity index is 747. The van der Waals surface area contributed by atoms with Crippen LogP contribution in [0.15, 0.2) is 48.5 Å². The van der Waals surface area contributed by atoms with Crippen LogP contribution in [0.2, 0.25) is 0 Å². The molecule has 0 saturated heterocycles. The fourth-order valence-electron chi connectivity index (χ4n) is 2.60. The van der Waals surface area contributed by atoms with Crippen molar-refractivity contribution in [3.8, 4) is 5.75 Å². The molecule has 0 radical (unpaired) electrons. The number of methoxy groups -OCH3 is 1. The number of amides is 2. The fraction of sp³-hybridized carbons (Fsp3) is 0.300. The molecule has 0 fully saturated rings. The maximum Gasteiger partial charge on any atom is 0.238 e. The zero-order valence-electron chi connectivity index (χ0n) is 15.4. The normalized spacial score (nSPS) is 10.5. The zero-order valence-corrected chi connectivity index (χ0v) is 15.4. The third-order valence-corrected chi connectivity index (χ3v) is 3.86. The summed E-state index contributed by atoms with van der Waals surface area (Å²) in [5, 5.41) is 5.57. The van der Waals surface area contributed by atoms with Crippen molar-refractivity contribution in [3.05, 3.63) is 54.1 Å². The lowest BCUT2D eigenvalue weighted by Crippen LogP contribution is -2.32. The molecule has 0 bridgehead atoms. The van der Waals surface area contributed by atoms with Crippen LogP contribution in [0.1, 0.15) is 19.4 Å². The Morgan fingerprint density at radius 2 is 1.81 bits per heavy atom. The summed E-state index contributed by atoms with van der Waals surface area (Å²) in [6.07, 6.45) is 0. The molecule has 0 aliphatic heterocycles. The van der Waals surface area contributed by atoms with Gasteiger partial charge in [-0.05, 0) is 30.3 Å². The van der Waals surface area contributed by atoms with Gasteiger partial charge in [-0.15, -0.1) is 0 Å². The summed E-state index contributed by atoms with van der Waals surface area (Å²) in [5.74, 6) is 0.229. The molecule has 6 nitrogen and oxygen atoms in total. The van der Waals surface area contributed by atoms with Crippen LogP contribution in [0.4, 0.5) is 11.4 Å². The van der Waals surface area contributed by atoms with Crippen molar-refractivity contribution in [2.24, 2.45) is 0 Å². The second-order valence-electron chi connectivity index (χ2n) is 5.93. The summed E-state index contributed by atoms with van der Waals surface area (Å²) in [5.41, 5.74) is 2.29. The van der Waals surface area contributed by atoms with E-state index in [1.807, 2.05) is 37.3 Å². The quantitative estimate of drug-likeness (QED) is 0.763. The number of benzene rings is 2. The molecule has 0 atom stereocenters. The molecule has 2 amide bonds. The van der Waals surface area contributed by atoms with Crippen molar-refractivity contribution in [1.29, 1.82) is 0 Å². The predicted molar refractivity (Wildman–Crippen MR) is 103 cm³/mol. The molecule has 0 heterocycles. The second-order valence-corrected chi connectivity index (χ2v) is 5.93. The number of rotatable bonds is 8. The van der Waals surface area contributed by atoms with Crippen molar-refractivity contribution in [1.82, 2.24) is 4.90 Å². The highest BCUT2D eigenvalue weighted by Crippen LogP contribution is 2.27. The molecular formula is C20H25N3O3. The molecule has 0 saturated carbocycles. The third-order valence-electron chi connectivity index (χ3n) is 3.86. The van der Waals surface area contributed by atoms with Crippen molar-refractivity contribution in [3.63, 3.8) is 0 Å². The van der Waals surface area contributed by atoms with Gasteiger partial charge in [-0.25, -0.2) is 0 Å².